The van der Waals surface area contributed by atoms with Crippen LogP contribution in [-0.2, 0) is 11.2 Å². The van der Waals surface area contributed by atoms with E-state index in [9.17, 15) is 4.79 Å². The predicted octanol–water partition coefficient (Wildman–Crippen LogP) is 3.92. The highest BCUT2D eigenvalue weighted by Crippen LogP contribution is 2.20. The molecule has 1 atom stereocenters. The van der Waals surface area contributed by atoms with E-state index in [1.54, 1.807) is 7.11 Å². The second kappa shape index (κ2) is 7.51. The molecule has 1 N–H and O–H groups in total. The van der Waals surface area contributed by atoms with Gasteiger partial charge in [0.05, 0.1) is 7.11 Å². The molecular formula is C20H20N2O2. The number of methoxy groups -OCH3 is 1. The zero-order valence-electron chi connectivity index (χ0n) is 13.6. The van der Waals surface area contributed by atoms with Crippen molar-refractivity contribution >= 4 is 11.6 Å². The molecule has 0 saturated heterocycles. The lowest BCUT2D eigenvalue weighted by Crippen LogP contribution is -2.27. The van der Waals surface area contributed by atoms with Crippen LogP contribution in [-0.4, -0.2) is 17.6 Å². The maximum Gasteiger partial charge on any atom is 0.247 e. The Morgan fingerprint density at radius 3 is 2.29 bits per heavy atom. The molecule has 4 nitrogen and oxygen atoms in total. The van der Waals surface area contributed by atoms with E-state index in [1.807, 2.05) is 83.7 Å². The van der Waals surface area contributed by atoms with Crippen molar-refractivity contribution in [3.8, 4) is 5.75 Å². The van der Waals surface area contributed by atoms with Crippen molar-refractivity contribution in [3.63, 3.8) is 0 Å². The van der Waals surface area contributed by atoms with Crippen LogP contribution in [0, 0.1) is 0 Å². The Hall–Kier alpha value is -3.01. The van der Waals surface area contributed by atoms with Crippen LogP contribution < -0.4 is 10.1 Å². The summed E-state index contributed by atoms with van der Waals surface area (Å²) in [7, 11) is 1.62. The number of carbonyl (C=O) groups excluding carboxylic acids is 1. The van der Waals surface area contributed by atoms with Gasteiger partial charge < -0.3 is 14.6 Å². The van der Waals surface area contributed by atoms with E-state index in [4.69, 9.17) is 4.74 Å². The van der Waals surface area contributed by atoms with Gasteiger partial charge in [0, 0.05) is 24.5 Å². The second-order valence-corrected chi connectivity index (χ2v) is 5.55. The van der Waals surface area contributed by atoms with E-state index in [1.165, 1.54) is 0 Å². The van der Waals surface area contributed by atoms with E-state index < -0.39 is 0 Å². The summed E-state index contributed by atoms with van der Waals surface area (Å²) in [6, 6.07) is 20.9. The third-order valence-electron chi connectivity index (χ3n) is 3.92. The number of aromatic nitrogens is 1. The molecule has 24 heavy (non-hydrogen) atoms. The summed E-state index contributed by atoms with van der Waals surface area (Å²) >= 11 is 0. The first kappa shape index (κ1) is 15.9. The van der Waals surface area contributed by atoms with Gasteiger partial charge in [0.1, 0.15) is 11.8 Å². The quantitative estimate of drug-likeness (QED) is 0.748. The van der Waals surface area contributed by atoms with E-state index in [0.29, 0.717) is 6.42 Å². The Labute approximate surface area is 141 Å². The molecule has 1 amide bonds. The fraction of sp³-hybridized carbons (Fsp3) is 0.150. The van der Waals surface area contributed by atoms with Gasteiger partial charge in [-0.15, -0.1) is 0 Å². The first-order valence-corrected chi connectivity index (χ1v) is 7.87. The molecule has 3 rings (SSSR count). The van der Waals surface area contributed by atoms with Gasteiger partial charge in [-0.05, 0) is 42.0 Å². The van der Waals surface area contributed by atoms with Gasteiger partial charge >= 0.3 is 0 Å². The predicted molar refractivity (Wildman–Crippen MR) is 95.2 cm³/mol. The topological polar surface area (TPSA) is 43.3 Å². The molecule has 1 heterocycles. The van der Waals surface area contributed by atoms with Crippen molar-refractivity contribution in [1.29, 1.82) is 0 Å². The summed E-state index contributed by atoms with van der Waals surface area (Å²) < 4.78 is 7.08. The number of ether oxygens (including phenoxy) is 1. The molecule has 0 unspecified atom stereocenters. The third kappa shape index (κ3) is 3.84. The number of nitrogens with one attached hydrogen (secondary N) is 1. The highest BCUT2D eigenvalue weighted by Gasteiger charge is 2.20. The van der Waals surface area contributed by atoms with Crippen LogP contribution in [0.25, 0.3) is 0 Å². The lowest BCUT2D eigenvalue weighted by molar-refractivity contribution is -0.119. The molecule has 4 heteroatoms. The van der Waals surface area contributed by atoms with Crippen LogP contribution in [0.5, 0.6) is 5.75 Å². The van der Waals surface area contributed by atoms with Crippen LogP contribution >= 0.6 is 0 Å². The Morgan fingerprint density at radius 1 is 1.00 bits per heavy atom. The van der Waals surface area contributed by atoms with Crippen LogP contribution in [0.4, 0.5) is 5.69 Å². The number of nitrogens with zero attached hydrogens (tertiary/aromatic N) is 1. The highest BCUT2D eigenvalue weighted by molar-refractivity contribution is 5.94. The van der Waals surface area contributed by atoms with E-state index in [-0.39, 0.29) is 11.9 Å². The summed E-state index contributed by atoms with van der Waals surface area (Å²) in [5.74, 6) is 0.722. The van der Waals surface area contributed by atoms with Gasteiger partial charge in [0.15, 0.2) is 0 Å². The van der Waals surface area contributed by atoms with Crippen LogP contribution in [0.1, 0.15) is 11.6 Å². The van der Waals surface area contributed by atoms with Crippen LogP contribution in [0.2, 0.25) is 0 Å². The fourth-order valence-electron chi connectivity index (χ4n) is 2.63. The van der Waals surface area contributed by atoms with Crippen molar-refractivity contribution in [2.45, 2.75) is 12.5 Å². The van der Waals surface area contributed by atoms with Crippen LogP contribution in [0.15, 0.2) is 79.1 Å². The highest BCUT2D eigenvalue weighted by atomic mass is 16.5. The minimum Gasteiger partial charge on any atom is -0.497 e. The Bertz CT molecular complexity index is 765. The fourth-order valence-corrected chi connectivity index (χ4v) is 2.63. The van der Waals surface area contributed by atoms with Gasteiger partial charge in [0.25, 0.3) is 0 Å². The van der Waals surface area contributed by atoms with Gasteiger partial charge in [-0.25, -0.2) is 0 Å². The summed E-state index contributed by atoms with van der Waals surface area (Å²) in [5.41, 5.74) is 1.88. The van der Waals surface area contributed by atoms with E-state index in [2.05, 4.69) is 5.32 Å². The Morgan fingerprint density at radius 2 is 1.67 bits per heavy atom. The Kier molecular flexibility index (Phi) is 4.96. The number of hydrogen-bond acceptors (Lipinski definition) is 2. The van der Waals surface area contributed by atoms with Gasteiger partial charge in [0.2, 0.25) is 5.91 Å². The minimum absolute atomic E-state index is 0.0415. The molecule has 0 aliphatic carbocycles. The Balaban J connectivity index is 1.78. The molecule has 0 aliphatic heterocycles. The number of carbonyl (C=O) groups is 1. The standard InChI is InChI=1S/C20H20N2O2/c1-24-18-11-9-17(10-12-18)21-20(23)19(22-13-5-6-14-22)15-16-7-3-2-4-8-16/h2-14,19H,15H2,1H3,(H,21,23)/t19-/m0/s1. The largest absolute Gasteiger partial charge is 0.497 e. The normalized spacial score (nSPS) is 11.7. The van der Waals surface area contributed by atoms with Crippen molar-refractivity contribution in [1.82, 2.24) is 4.57 Å². The molecule has 0 bridgehead atoms. The van der Waals surface area contributed by atoms with Crippen molar-refractivity contribution in [3.05, 3.63) is 84.7 Å². The number of benzene rings is 2. The number of rotatable bonds is 6. The lowest BCUT2D eigenvalue weighted by Gasteiger charge is -2.19. The summed E-state index contributed by atoms with van der Waals surface area (Å²) in [5, 5.41) is 2.99. The van der Waals surface area contributed by atoms with Gasteiger partial charge in [-0.1, -0.05) is 30.3 Å². The van der Waals surface area contributed by atoms with Crippen molar-refractivity contribution < 1.29 is 9.53 Å². The molecule has 2 aromatic carbocycles. The van der Waals surface area contributed by atoms with E-state index >= 15 is 0 Å². The molecule has 1 aromatic heterocycles. The average molecular weight is 320 g/mol. The third-order valence-corrected chi connectivity index (χ3v) is 3.92. The van der Waals surface area contributed by atoms with Crippen molar-refractivity contribution in [2.75, 3.05) is 12.4 Å². The number of amides is 1. The van der Waals surface area contributed by atoms with Crippen LogP contribution in [0.3, 0.4) is 0 Å². The maximum absolute atomic E-state index is 12.8. The zero-order chi connectivity index (χ0) is 16.8. The van der Waals surface area contributed by atoms with Gasteiger partial charge in [-0.2, -0.15) is 0 Å². The molecule has 3 aromatic rings. The molecule has 0 radical (unpaired) electrons. The lowest BCUT2D eigenvalue weighted by atomic mass is 10.0. The van der Waals surface area contributed by atoms with Crippen molar-refractivity contribution in [2.24, 2.45) is 0 Å². The SMILES string of the molecule is COc1ccc(NC(=O)[C@H](Cc2ccccc2)n2cccc2)cc1. The smallest absolute Gasteiger partial charge is 0.247 e. The second-order valence-electron chi connectivity index (χ2n) is 5.55. The molecule has 0 fully saturated rings. The summed E-state index contributed by atoms with van der Waals surface area (Å²) in [6.07, 6.45) is 4.47. The minimum atomic E-state index is -0.301. The van der Waals surface area contributed by atoms with Gasteiger partial charge in [-0.3, -0.25) is 4.79 Å². The monoisotopic (exact) mass is 320 g/mol. The van der Waals surface area contributed by atoms with E-state index in [0.717, 1.165) is 17.0 Å². The molecule has 0 spiro atoms. The molecular weight excluding hydrogens is 300 g/mol. The first-order valence-electron chi connectivity index (χ1n) is 7.87. The first-order chi connectivity index (χ1) is 11.8. The summed E-state index contributed by atoms with van der Waals surface area (Å²) in [4.78, 5) is 12.8. The zero-order valence-corrected chi connectivity index (χ0v) is 13.6. The summed E-state index contributed by atoms with van der Waals surface area (Å²) in [6.45, 7) is 0. The number of anilines is 1. The molecule has 0 saturated carbocycles. The number of hydrogen-bond donors (Lipinski definition) is 1. The molecule has 0 aliphatic rings. The molecule has 122 valence electrons. The maximum atomic E-state index is 12.8. The average Bonchev–Trinajstić information content (AvgIpc) is 3.15.